The lowest BCUT2D eigenvalue weighted by Gasteiger charge is -2.31. The molecule has 0 aromatic heterocycles. The third kappa shape index (κ3) is 2.38. The average molecular weight is 234 g/mol. The maximum absolute atomic E-state index is 10.3. The molecule has 0 saturated carbocycles. The number of benzene rings is 1. The van der Waals surface area contributed by atoms with Crippen molar-refractivity contribution in [2.45, 2.75) is 45.3 Å². The summed E-state index contributed by atoms with van der Waals surface area (Å²) in [5.74, 6) is 0.350. The highest BCUT2D eigenvalue weighted by molar-refractivity contribution is 5.34. The van der Waals surface area contributed by atoms with E-state index in [2.05, 4.69) is 6.07 Å². The van der Waals surface area contributed by atoms with Crippen LogP contribution >= 0.6 is 0 Å². The molecule has 3 atom stereocenters. The Bertz CT molecular complexity index is 396. The number of fused-ring (bicyclic) bond motifs is 1. The van der Waals surface area contributed by atoms with E-state index in [1.165, 1.54) is 5.56 Å². The van der Waals surface area contributed by atoms with E-state index in [0.29, 0.717) is 6.42 Å². The highest BCUT2D eigenvalue weighted by atomic mass is 16.3. The molecule has 2 nitrogen and oxygen atoms in total. The molecule has 0 heterocycles. The molecule has 1 aromatic carbocycles. The van der Waals surface area contributed by atoms with Crippen LogP contribution < -0.4 is 0 Å². The van der Waals surface area contributed by atoms with Crippen molar-refractivity contribution in [3.05, 3.63) is 35.4 Å². The third-order valence-corrected chi connectivity index (χ3v) is 4.22. The summed E-state index contributed by atoms with van der Waals surface area (Å²) in [4.78, 5) is 0. The van der Waals surface area contributed by atoms with Gasteiger partial charge in [-0.1, -0.05) is 38.1 Å². The highest BCUT2D eigenvalue weighted by Crippen LogP contribution is 2.41. The zero-order valence-corrected chi connectivity index (χ0v) is 10.9. The first kappa shape index (κ1) is 12.6. The summed E-state index contributed by atoms with van der Waals surface area (Å²) in [5.41, 5.74) is 1.56. The fourth-order valence-corrected chi connectivity index (χ4v) is 2.61. The van der Waals surface area contributed by atoms with E-state index >= 15 is 0 Å². The van der Waals surface area contributed by atoms with Gasteiger partial charge in [0.1, 0.15) is 0 Å². The van der Waals surface area contributed by atoms with Crippen LogP contribution in [0.3, 0.4) is 0 Å². The molecule has 3 unspecified atom stereocenters. The van der Waals surface area contributed by atoms with E-state index < -0.39 is 11.7 Å². The van der Waals surface area contributed by atoms with Crippen LogP contribution in [-0.2, 0) is 6.42 Å². The summed E-state index contributed by atoms with van der Waals surface area (Å²) in [5, 5.41) is 20.6. The first-order valence-corrected chi connectivity index (χ1v) is 6.40. The monoisotopic (exact) mass is 234 g/mol. The topological polar surface area (TPSA) is 40.5 Å². The molecule has 0 bridgehead atoms. The molecular formula is C15H22O2. The quantitative estimate of drug-likeness (QED) is 0.844. The Kier molecular flexibility index (Phi) is 3.28. The summed E-state index contributed by atoms with van der Waals surface area (Å²) in [7, 11) is 0. The second-order valence-corrected chi connectivity index (χ2v) is 5.82. The predicted molar refractivity (Wildman–Crippen MR) is 68.7 cm³/mol. The van der Waals surface area contributed by atoms with E-state index in [4.69, 9.17) is 0 Å². The van der Waals surface area contributed by atoms with Crippen molar-refractivity contribution >= 4 is 0 Å². The largest absolute Gasteiger partial charge is 0.390 e. The minimum Gasteiger partial charge on any atom is -0.390 e. The summed E-state index contributed by atoms with van der Waals surface area (Å²) in [6, 6.07) is 8.03. The van der Waals surface area contributed by atoms with Gasteiger partial charge in [0, 0.05) is 0 Å². The molecule has 0 radical (unpaired) electrons. The van der Waals surface area contributed by atoms with Gasteiger partial charge in [-0.3, -0.25) is 0 Å². The standard InChI is InChI=1S/C15H22O2/c1-10(2)15(3,17)9-12-8-11-6-4-5-7-13(11)14(12)16/h4-7,10,12,14,16-17H,8-9H2,1-3H3. The number of hydrogen-bond donors (Lipinski definition) is 2. The molecule has 2 N–H and O–H groups in total. The summed E-state index contributed by atoms with van der Waals surface area (Å²) in [6.45, 7) is 5.91. The molecule has 2 rings (SSSR count). The van der Waals surface area contributed by atoms with E-state index in [0.717, 1.165) is 12.0 Å². The van der Waals surface area contributed by atoms with Gasteiger partial charge in [-0.05, 0) is 42.7 Å². The fraction of sp³-hybridized carbons (Fsp3) is 0.600. The van der Waals surface area contributed by atoms with Crippen molar-refractivity contribution in [3.8, 4) is 0 Å². The Morgan fingerprint density at radius 3 is 2.59 bits per heavy atom. The van der Waals surface area contributed by atoms with Gasteiger partial charge in [0.05, 0.1) is 11.7 Å². The van der Waals surface area contributed by atoms with E-state index in [-0.39, 0.29) is 11.8 Å². The summed E-state index contributed by atoms with van der Waals surface area (Å²) < 4.78 is 0. The first-order chi connectivity index (χ1) is 7.92. The van der Waals surface area contributed by atoms with Crippen LogP contribution in [0.5, 0.6) is 0 Å². The van der Waals surface area contributed by atoms with Crippen molar-refractivity contribution in [2.75, 3.05) is 0 Å². The van der Waals surface area contributed by atoms with Crippen molar-refractivity contribution in [1.82, 2.24) is 0 Å². The van der Waals surface area contributed by atoms with E-state index in [9.17, 15) is 10.2 Å². The van der Waals surface area contributed by atoms with Crippen LogP contribution in [-0.4, -0.2) is 15.8 Å². The third-order valence-electron chi connectivity index (χ3n) is 4.22. The minimum atomic E-state index is -0.701. The Morgan fingerprint density at radius 2 is 2.00 bits per heavy atom. The van der Waals surface area contributed by atoms with Gasteiger partial charge in [-0.25, -0.2) is 0 Å². The lowest BCUT2D eigenvalue weighted by molar-refractivity contribution is -0.0281. The van der Waals surface area contributed by atoms with Gasteiger partial charge in [0.25, 0.3) is 0 Å². The predicted octanol–water partition coefficient (Wildman–Crippen LogP) is 2.69. The summed E-state index contributed by atoms with van der Waals surface area (Å²) >= 11 is 0. The molecule has 17 heavy (non-hydrogen) atoms. The fourth-order valence-electron chi connectivity index (χ4n) is 2.61. The Labute approximate surface area is 103 Å². The molecule has 1 aliphatic rings. The number of aliphatic hydroxyl groups is 2. The van der Waals surface area contributed by atoms with Crippen LogP contribution in [0.25, 0.3) is 0 Å². The zero-order chi connectivity index (χ0) is 12.6. The second kappa shape index (κ2) is 4.43. The molecule has 94 valence electrons. The molecular weight excluding hydrogens is 212 g/mol. The Balaban J connectivity index is 2.13. The lowest BCUT2D eigenvalue weighted by atomic mass is 9.81. The first-order valence-electron chi connectivity index (χ1n) is 6.40. The number of rotatable bonds is 3. The number of aliphatic hydroxyl groups excluding tert-OH is 1. The van der Waals surface area contributed by atoms with Crippen LogP contribution in [0.2, 0.25) is 0 Å². The average Bonchev–Trinajstić information content (AvgIpc) is 2.56. The Hall–Kier alpha value is -0.860. The molecule has 1 aromatic rings. The normalized spacial score (nSPS) is 26.9. The molecule has 0 saturated heterocycles. The van der Waals surface area contributed by atoms with Crippen molar-refractivity contribution < 1.29 is 10.2 Å². The van der Waals surface area contributed by atoms with Gasteiger partial charge in [0.15, 0.2) is 0 Å². The van der Waals surface area contributed by atoms with Gasteiger partial charge in [-0.15, -0.1) is 0 Å². The molecule has 0 aliphatic heterocycles. The van der Waals surface area contributed by atoms with Crippen molar-refractivity contribution in [3.63, 3.8) is 0 Å². The zero-order valence-electron chi connectivity index (χ0n) is 10.9. The van der Waals surface area contributed by atoms with Gasteiger partial charge in [0.2, 0.25) is 0 Å². The maximum atomic E-state index is 10.3. The Morgan fingerprint density at radius 1 is 1.35 bits per heavy atom. The van der Waals surface area contributed by atoms with Crippen LogP contribution in [0.15, 0.2) is 24.3 Å². The molecule has 2 heteroatoms. The maximum Gasteiger partial charge on any atom is 0.0825 e. The van der Waals surface area contributed by atoms with Crippen LogP contribution in [0.4, 0.5) is 0 Å². The van der Waals surface area contributed by atoms with Gasteiger partial charge < -0.3 is 10.2 Å². The SMILES string of the molecule is CC(C)C(C)(O)CC1Cc2ccccc2C1O. The lowest BCUT2D eigenvalue weighted by Crippen LogP contribution is -2.34. The number of hydrogen-bond acceptors (Lipinski definition) is 2. The molecule has 0 fully saturated rings. The van der Waals surface area contributed by atoms with E-state index in [1.807, 2.05) is 39.0 Å². The van der Waals surface area contributed by atoms with Crippen LogP contribution in [0.1, 0.15) is 44.4 Å². The molecule has 0 amide bonds. The van der Waals surface area contributed by atoms with Crippen molar-refractivity contribution in [1.29, 1.82) is 0 Å². The smallest absolute Gasteiger partial charge is 0.0825 e. The van der Waals surface area contributed by atoms with Gasteiger partial charge >= 0.3 is 0 Å². The highest BCUT2D eigenvalue weighted by Gasteiger charge is 2.37. The van der Waals surface area contributed by atoms with Gasteiger partial charge in [-0.2, -0.15) is 0 Å². The second-order valence-electron chi connectivity index (χ2n) is 5.82. The minimum absolute atomic E-state index is 0.143. The van der Waals surface area contributed by atoms with Crippen LogP contribution in [0, 0.1) is 11.8 Å². The molecule has 1 aliphatic carbocycles. The van der Waals surface area contributed by atoms with Crippen molar-refractivity contribution in [2.24, 2.45) is 11.8 Å². The van der Waals surface area contributed by atoms with E-state index in [1.54, 1.807) is 0 Å². The molecule has 0 spiro atoms. The summed E-state index contributed by atoms with van der Waals surface area (Å²) in [6.07, 6.45) is 1.11.